The van der Waals surface area contributed by atoms with Gasteiger partial charge in [-0.15, -0.1) is 0 Å². The zero-order valence-electron chi connectivity index (χ0n) is 11.9. The lowest BCUT2D eigenvalue weighted by Crippen LogP contribution is -2.28. The first-order valence-electron chi connectivity index (χ1n) is 6.80. The zero-order valence-corrected chi connectivity index (χ0v) is 11.9. The lowest BCUT2D eigenvalue weighted by Gasteiger charge is -2.02. The predicted molar refractivity (Wildman–Crippen MR) is 77.2 cm³/mol. The van der Waals surface area contributed by atoms with E-state index in [0.29, 0.717) is 23.7 Å². The molecule has 1 heterocycles. The summed E-state index contributed by atoms with van der Waals surface area (Å²) in [5.74, 6) is -0.0236. The Kier molecular flexibility index (Phi) is 5.45. The largest absolute Gasteiger partial charge is 0.444 e. The molecule has 0 saturated carbocycles. The maximum Gasteiger partial charge on any atom is 0.226 e. The van der Waals surface area contributed by atoms with Crippen LogP contribution in [0.2, 0.25) is 0 Å². The minimum absolute atomic E-state index is 0.0925. The molecule has 1 aromatic carbocycles. The summed E-state index contributed by atoms with van der Waals surface area (Å²) in [4.78, 5) is 15.9. The molecule has 2 aromatic rings. The molecule has 0 unspecified atom stereocenters. The molecule has 0 spiro atoms. The fourth-order valence-electron chi connectivity index (χ4n) is 1.83. The Bertz CT molecular complexity index is 581. The molecule has 0 saturated heterocycles. The van der Waals surface area contributed by atoms with Gasteiger partial charge in [-0.2, -0.15) is 0 Å². The number of halogens is 1. The number of rotatable bonds is 7. The molecular weight excluding hydrogens is 273 g/mol. The van der Waals surface area contributed by atoms with Crippen molar-refractivity contribution < 1.29 is 13.6 Å². The van der Waals surface area contributed by atoms with Crippen LogP contribution in [0.4, 0.5) is 4.39 Å². The van der Waals surface area contributed by atoms with Crippen LogP contribution in [0.5, 0.6) is 0 Å². The van der Waals surface area contributed by atoms with Crippen molar-refractivity contribution in [2.75, 3.05) is 20.1 Å². The second-order valence-corrected chi connectivity index (χ2v) is 4.63. The molecule has 1 aromatic heterocycles. The van der Waals surface area contributed by atoms with E-state index in [-0.39, 0.29) is 18.1 Å². The maximum atomic E-state index is 12.8. The van der Waals surface area contributed by atoms with Crippen molar-refractivity contribution in [1.82, 2.24) is 15.6 Å². The minimum atomic E-state index is -0.313. The average Bonchev–Trinajstić information content (AvgIpc) is 2.93. The second kappa shape index (κ2) is 7.54. The van der Waals surface area contributed by atoms with Crippen LogP contribution >= 0.6 is 0 Å². The van der Waals surface area contributed by atoms with Gasteiger partial charge < -0.3 is 15.1 Å². The number of amides is 1. The van der Waals surface area contributed by atoms with E-state index < -0.39 is 0 Å². The zero-order chi connectivity index (χ0) is 15.1. The van der Waals surface area contributed by atoms with Crippen molar-refractivity contribution in [2.24, 2.45) is 0 Å². The van der Waals surface area contributed by atoms with Crippen molar-refractivity contribution >= 4 is 5.91 Å². The van der Waals surface area contributed by atoms with Crippen LogP contribution in [0.25, 0.3) is 11.5 Å². The summed E-state index contributed by atoms with van der Waals surface area (Å²) in [5, 5.41) is 5.82. The van der Waals surface area contributed by atoms with Gasteiger partial charge in [-0.25, -0.2) is 9.37 Å². The number of nitrogens with one attached hydrogen (secondary N) is 2. The van der Waals surface area contributed by atoms with Gasteiger partial charge in [0.05, 0.1) is 12.1 Å². The average molecular weight is 291 g/mol. The predicted octanol–water partition coefficient (Wildman–Crippen LogP) is 1.75. The van der Waals surface area contributed by atoms with Crippen molar-refractivity contribution in [2.45, 2.75) is 12.8 Å². The number of hydrogen-bond acceptors (Lipinski definition) is 4. The Morgan fingerprint density at radius 2 is 2.05 bits per heavy atom. The monoisotopic (exact) mass is 291 g/mol. The first-order valence-corrected chi connectivity index (χ1v) is 6.80. The molecule has 112 valence electrons. The standard InChI is InChI=1S/C15H18FN3O2/c1-17-7-2-8-18-14(20)9-13-10-21-15(19-13)11-3-5-12(16)6-4-11/h3-6,10,17H,2,7-9H2,1H3,(H,18,20). The smallest absolute Gasteiger partial charge is 0.226 e. The van der Waals surface area contributed by atoms with Gasteiger partial charge in [-0.05, 0) is 44.3 Å². The van der Waals surface area contributed by atoms with Gasteiger partial charge in [0.2, 0.25) is 11.8 Å². The highest BCUT2D eigenvalue weighted by molar-refractivity contribution is 5.78. The third-order valence-corrected chi connectivity index (χ3v) is 2.91. The number of carbonyl (C=O) groups is 1. The second-order valence-electron chi connectivity index (χ2n) is 4.63. The molecule has 2 N–H and O–H groups in total. The van der Waals surface area contributed by atoms with E-state index >= 15 is 0 Å². The lowest BCUT2D eigenvalue weighted by molar-refractivity contribution is -0.120. The van der Waals surface area contributed by atoms with E-state index in [4.69, 9.17) is 4.42 Å². The van der Waals surface area contributed by atoms with Gasteiger partial charge in [0.25, 0.3) is 0 Å². The van der Waals surface area contributed by atoms with Gasteiger partial charge in [-0.1, -0.05) is 0 Å². The molecule has 0 aliphatic carbocycles. The Labute approximate surface area is 122 Å². The van der Waals surface area contributed by atoms with E-state index in [2.05, 4.69) is 15.6 Å². The van der Waals surface area contributed by atoms with E-state index in [1.807, 2.05) is 7.05 Å². The summed E-state index contributed by atoms with van der Waals surface area (Å²) in [6.07, 6.45) is 2.50. The van der Waals surface area contributed by atoms with Gasteiger partial charge in [0, 0.05) is 12.1 Å². The quantitative estimate of drug-likeness (QED) is 0.763. The molecular formula is C15H18FN3O2. The van der Waals surface area contributed by atoms with Crippen molar-refractivity contribution in [3.63, 3.8) is 0 Å². The van der Waals surface area contributed by atoms with Crippen molar-refractivity contribution in [1.29, 1.82) is 0 Å². The Morgan fingerprint density at radius 3 is 2.76 bits per heavy atom. The maximum absolute atomic E-state index is 12.8. The van der Waals surface area contributed by atoms with Crippen LogP contribution in [-0.2, 0) is 11.2 Å². The number of aromatic nitrogens is 1. The normalized spacial score (nSPS) is 10.6. The topological polar surface area (TPSA) is 67.2 Å². The molecule has 2 rings (SSSR count). The third kappa shape index (κ3) is 4.68. The first kappa shape index (κ1) is 15.2. The molecule has 0 atom stereocenters. The highest BCUT2D eigenvalue weighted by Crippen LogP contribution is 2.19. The van der Waals surface area contributed by atoms with Gasteiger partial charge >= 0.3 is 0 Å². The highest BCUT2D eigenvalue weighted by atomic mass is 19.1. The summed E-state index contributed by atoms with van der Waals surface area (Å²) in [7, 11) is 1.87. The van der Waals surface area contributed by atoms with Gasteiger partial charge in [0.1, 0.15) is 12.1 Å². The molecule has 0 aliphatic rings. The molecule has 0 aliphatic heterocycles. The van der Waals surface area contributed by atoms with E-state index in [9.17, 15) is 9.18 Å². The van der Waals surface area contributed by atoms with Crippen LogP contribution in [0.3, 0.4) is 0 Å². The van der Waals surface area contributed by atoms with Crippen LogP contribution in [0, 0.1) is 5.82 Å². The Hall–Kier alpha value is -2.21. The van der Waals surface area contributed by atoms with Crippen LogP contribution in [0.15, 0.2) is 34.9 Å². The summed E-state index contributed by atoms with van der Waals surface area (Å²) in [6, 6.07) is 5.85. The molecule has 0 fully saturated rings. The fraction of sp³-hybridized carbons (Fsp3) is 0.333. The molecule has 5 nitrogen and oxygen atoms in total. The molecule has 21 heavy (non-hydrogen) atoms. The van der Waals surface area contributed by atoms with Crippen LogP contribution in [-0.4, -0.2) is 31.0 Å². The Balaban J connectivity index is 1.88. The summed E-state index contributed by atoms with van der Waals surface area (Å²) in [5.41, 5.74) is 1.23. The summed E-state index contributed by atoms with van der Waals surface area (Å²) < 4.78 is 18.2. The fourth-order valence-corrected chi connectivity index (χ4v) is 1.83. The van der Waals surface area contributed by atoms with Crippen LogP contribution < -0.4 is 10.6 Å². The van der Waals surface area contributed by atoms with E-state index in [1.165, 1.54) is 18.4 Å². The van der Waals surface area contributed by atoms with Crippen molar-refractivity contribution in [3.05, 3.63) is 42.0 Å². The SMILES string of the molecule is CNCCCNC(=O)Cc1coc(-c2ccc(F)cc2)n1. The van der Waals surface area contributed by atoms with Crippen molar-refractivity contribution in [3.8, 4) is 11.5 Å². The molecule has 6 heteroatoms. The minimum Gasteiger partial charge on any atom is -0.444 e. The molecule has 0 bridgehead atoms. The highest BCUT2D eigenvalue weighted by Gasteiger charge is 2.10. The lowest BCUT2D eigenvalue weighted by atomic mass is 10.2. The first-order chi connectivity index (χ1) is 10.2. The van der Waals surface area contributed by atoms with Gasteiger partial charge in [-0.3, -0.25) is 4.79 Å². The number of oxazole rings is 1. The number of nitrogens with zero attached hydrogens (tertiary/aromatic N) is 1. The van der Waals surface area contributed by atoms with E-state index in [1.54, 1.807) is 12.1 Å². The summed E-state index contributed by atoms with van der Waals surface area (Å²) in [6.45, 7) is 1.49. The van der Waals surface area contributed by atoms with E-state index in [0.717, 1.165) is 13.0 Å². The summed E-state index contributed by atoms with van der Waals surface area (Å²) >= 11 is 0. The number of hydrogen-bond donors (Lipinski definition) is 2. The number of benzene rings is 1. The number of carbonyl (C=O) groups excluding carboxylic acids is 1. The molecule has 0 radical (unpaired) electrons. The van der Waals surface area contributed by atoms with Gasteiger partial charge in [0.15, 0.2) is 0 Å². The van der Waals surface area contributed by atoms with Crippen LogP contribution in [0.1, 0.15) is 12.1 Å². The third-order valence-electron chi connectivity index (χ3n) is 2.91. The molecule has 1 amide bonds. The Morgan fingerprint density at radius 1 is 1.29 bits per heavy atom.